The highest BCUT2D eigenvalue weighted by molar-refractivity contribution is 5.74. The van der Waals surface area contributed by atoms with Crippen molar-refractivity contribution in [2.45, 2.75) is 33.6 Å². The van der Waals surface area contributed by atoms with Crippen molar-refractivity contribution < 1.29 is 9.90 Å². The molecule has 0 radical (unpaired) electrons. The van der Waals surface area contributed by atoms with Crippen LogP contribution in [0.5, 0.6) is 0 Å². The maximum Gasteiger partial charge on any atom is 0.219 e. The lowest BCUT2D eigenvalue weighted by Gasteiger charge is -2.51. The van der Waals surface area contributed by atoms with Crippen LogP contribution in [0.25, 0.3) is 0 Å². The second kappa shape index (κ2) is 6.07. The zero-order valence-electron chi connectivity index (χ0n) is 15.0. The summed E-state index contributed by atoms with van der Waals surface area (Å²) in [5, 5.41) is 20.5. The third kappa shape index (κ3) is 2.84. The van der Waals surface area contributed by atoms with Gasteiger partial charge >= 0.3 is 0 Å². The highest BCUT2D eigenvalue weighted by Gasteiger charge is 2.51. The van der Waals surface area contributed by atoms with Gasteiger partial charge in [-0.2, -0.15) is 5.26 Å². The van der Waals surface area contributed by atoms with Crippen LogP contribution in [0.15, 0.2) is 53.3 Å². The summed E-state index contributed by atoms with van der Waals surface area (Å²) in [6.45, 7) is 6.82. The Morgan fingerprint density at radius 2 is 2.00 bits per heavy atom. The lowest BCUT2D eigenvalue weighted by atomic mass is 9.57. The fourth-order valence-electron chi connectivity index (χ4n) is 4.51. The van der Waals surface area contributed by atoms with Crippen LogP contribution < -0.4 is 0 Å². The van der Waals surface area contributed by atoms with E-state index < -0.39 is 5.41 Å². The Kier molecular flexibility index (Phi) is 4.20. The smallest absolute Gasteiger partial charge is 0.219 e. The minimum Gasteiger partial charge on any atom is -0.510 e. The monoisotopic (exact) mass is 336 g/mol. The van der Waals surface area contributed by atoms with Gasteiger partial charge in [-0.15, -0.1) is 0 Å². The zero-order chi connectivity index (χ0) is 18.2. The fraction of sp³-hybridized carbons (Fsp3) is 0.429. The van der Waals surface area contributed by atoms with E-state index >= 15 is 0 Å². The summed E-state index contributed by atoms with van der Waals surface area (Å²) in [7, 11) is 0. The van der Waals surface area contributed by atoms with Crippen LogP contribution in [-0.4, -0.2) is 29.0 Å². The number of hydrogen-bond donors (Lipinski definition) is 1. The van der Waals surface area contributed by atoms with Crippen molar-refractivity contribution >= 4 is 5.91 Å². The van der Waals surface area contributed by atoms with Crippen LogP contribution in [0, 0.1) is 22.2 Å². The number of nitriles is 1. The van der Waals surface area contributed by atoms with Crippen LogP contribution in [0.1, 0.15) is 32.8 Å². The molecule has 0 saturated carbocycles. The molecule has 4 nitrogen and oxygen atoms in total. The molecule has 3 rings (SSSR count). The molecule has 0 aromatic heterocycles. The van der Waals surface area contributed by atoms with Gasteiger partial charge in [-0.1, -0.05) is 48.9 Å². The lowest BCUT2D eigenvalue weighted by molar-refractivity contribution is -0.130. The van der Waals surface area contributed by atoms with Gasteiger partial charge in [0.2, 0.25) is 5.91 Å². The maximum absolute atomic E-state index is 11.9. The Morgan fingerprint density at radius 3 is 2.60 bits per heavy atom. The molecular weight excluding hydrogens is 312 g/mol. The van der Waals surface area contributed by atoms with Gasteiger partial charge in [-0.05, 0) is 25.3 Å². The summed E-state index contributed by atoms with van der Waals surface area (Å²) in [5.74, 6) is 0.220. The van der Waals surface area contributed by atoms with E-state index in [-0.39, 0.29) is 17.1 Å². The molecule has 130 valence electrons. The van der Waals surface area contributed by atoms with Crippen molar-refractivity contribution in [1.82, 2.24) is 4.90 Å². The minimum atomic E-state index is -0.623. The van der Waals surface area contributed by atoms with Crippen LogP contribution >= 0.6 is 0 Å². The molecule has 0 bridgehead atoms. The molecule has 0 fully saturated rings. The summed E-state index contributed by atoms with van der Waals surface area (Å²) in [6, 6.07) is 12.2. The van der Waals surface area contributed by atoms with E-state index in [9.17, 15) is 15.2 Å². The number of hydrogen-bond acceptors (Lipinski definition) is 3. The molecule has 1 N–H and O–H groups in total. The van der Waals surface area contributed by atoms with Crippen molar-refractivity contribution in [1.29, 1.82) is 5.26 Å². The van der Waals surface area contributed by atoms with E-state index in [1.807, 2.05) is 42.2 Å². The van der Waals surface area contributed by atoms with E-state index in [2.05, 4.69) is 19.1 Å². The molecule has 1 amide bonds. The first kappa shape index (κ1) is 17.3. The number of benzene rings is 1. The number of nitrogens with zero attached hydrogens (tertiary/aromatic N) is 2. The lowest BCUT2D eigenvalue weighted by Crippen LogP contribution is -2.50. The van der Waals surface area contributed by atoms with Gasteiger partial charge in [0, 0.05) is 25.4 Å². The van der Waals surface area contributed by atoms with E-state index in [1.54, 1.807) is 6.92 Å². The van der Waals surface area contributed by atoms with E-state index in [4.69, 9.17) is 0 Å². The average molecular weight is 336 g/mol. The first-order valence-electron chi connectivity index (χ1n) is 8.63. The Morgan fingerprint density at radius 1 is 1.32 bits per heavy atom. The molecule has 0 saturated heterocycles. The third-order valence-corrected chi connectivity index (χ3v) is 5.66. The molecule has 1 aromatic carbocycles. The maximum atomic E-state index is 11.9. The first-order chi connectivity index (χ1) is 11.8. The topological polar surface area (TPSA) is 64.3 Å². The van der Waals surface area contributed by atoms with Crippen LogP contribution in [0.3, 0.4) is 0 Å². The van der Waals surface area contributed by atoms with E-state index in [0.29, 0.717) is 31.5 Å². The molecule has 4 heteroatoms. The summed E-state index contributed by atoms with van der Waals surface area (Å²) in [4.78, 5) is 13.7. The number of fused-ring (bicyclic) bond motifs is 1. The molecule has 25 heavy (non-hydrogen) atoms. The molecule has 1 heterocycles. The van der Waals surface area contributed by atoms with Crippen molar-refractivity contribution in [3.63, 3.8) is 0 Å². The van der Waals surface area contributed by atoms with Crippen molar-refractivity contribution in [3.05, 3.63) is 58.9 Å². The van der Waals surface area contributed by atoms with Crippen LogP contribution in [-0.2, 0) is 11.2 Å². The highest BCUT2D eigenvalue weighted by Crippen LogP contribution is 2.55. The number of carbonyl (C=O) groups is 1. The van der Waals surface area contributed by atoms with Gasteiger partial charge in [0.25, 0.3) is 0 Å². The fourth-order valence-corrected chi connectivity index (χ4v) is 4.51. The first-order valence-corrected chi connectivity index (χ1v) is 8.63. The van der Waals surface area contributed by atoms with E-state index in [1.165, 1.54) is 0 Å². The van der Waals surface area contributed by atoms with Gasteiger partial charge < -0.3 is 10.0 Å². The van der Waals surface area contributed by atoms with Gasteiger partial charge in [0.05, 0.1) is 17.1 Å². The number of aliphatic hydroxyl groups excluding tert-OH is 1. The summed E-state index contributed by atoms with van der Waals surface area (Å²) < 4.78 is 0. The Labute approximate surface area is 149 Å². The molecular formula is C21H24N2O2. The number of aliphatic hydroxyl groups is 1. The normalized spacial score (nSPS) is 28.9. The molecule has 1 aromatic rings. The van der Waals surface area contributed by atoms with Crippen molar-refractivity contribution in [2.75, 3.05) is 13.1 Å². The predicted molar refractivity (Wildman–Crippen MR) is 96.6 cm³/mol. The quantitative estimate of drug-likeness (QED) is 0.836. The number of rotatable bonds is 2. The second-order valence-electron chi connectivity index (χ2n) is 7.69. The van der Waals surface area contributed by atoms with Gasteiger partial charge in [0.15, 0.2) is 0 Å². The number of amides is 1. The summed E-state index contributed by atoms with van der Waals surface area (Å²) in [5.41, 5.74) is 1.74. The Bertz CT molecular complexity index is 803. The summed E-state index contributed by atoms with van der Waals surface area (Å²) >= 11 is 0. The molecule has 0 unspecified atom stereocenters. The number of carbonyl (C=O) groups excluding carboxylic acids is 1. The standard InChI is InChI=1S/C21H24N2O2/c1-15(24)23-10-9-18-20(2,14-23)12-17(13-22)19(25)21(18,3)11-16-7-5-4-6-8-16/h4-9,25H,10-12,14H2,1-3H3/t20-,21-/m0/s1. The van der Waals surface area contributed by atoms with Gasteiger partial charge in [0.1, 0.15) is 5.76 Å². The molecule has 1 aliphatic heterocycles. The highest BCUT2D eigenvalue weighted by atomic mass is 16.3. The summed E-state index contributed by atoms with van der Waals surface area (Å²) in [6.07, 6.45) is 3.18. The Hall–Kier alpha value is -2.54. The zero-order valence-corrected chi connectivity index (χ0v) is 15.0. The SMILES string of the molecule is CC(=O)N1CC=C2[C@@](C)(CC(C#N)=C(O)[C@@]2(C)Cc2ccccc2)C1. The Balaban J connectivity index is 2.11. The number of allylic oxidation sites excluding steroid dienone is 2. The molecule has 0 spiro atoms. The van der Waals surface area contributed by atoms with Gasteiger partial charge in [-0.3, -0.25) is 4.79 Å². The van der Waals surface area contributed by atoms with E-state index in [0.717, 1.165) is 11.1 Å². The minimum absolute atomic E-state index is 0.0403. The third-order valence-electron chi connectivity index (χ3n) is 5.66. The van der Waals surface area contributed by atoms with Crippen molar-refractivity contribution in [3.8, 4) is 6.07 Å². The second-order valence-corrected chi connectivity index (χ2v) is 7.69. The van der Waals surface area contributed by atoms with Crippen LogP contribution in [0.2, 0.25) is 0 Å². The average Bonchev–Trinajstić information content (AvgIpc) is 2.58. The van der Waals surface area contributed by atoms with Gasteiger partial charge in [-0.25, -0.2) is 0 Å². The van der Waals surface area contributed by atoms with Crippen LogP contribution in [0.4, 0.5) is 0 Å². The molecule has 2 aliphatic rings. The molecule has 2 atom stereocenters. The largest absolute Gasteiger partial charge is 0.510 e. The van der Waals surface area contributed by atoms with Crippen molar-refractivity contribution in [2.24, 2.45) is 10.8 Å². The molecule has 1 aliphatic carbocycles. The predicted octanol–water partition coefficient (Wildman–Crippen LogP) is 3.77.